The van der Waals surface area contributed by atoms with E-state index in [0.717, 1.165) is 25.1 Å². The van der Waals surface area contributed by atoms with Gasteiger partial charge in [0.25, 0.3) is 11.8 Å². The highest BCUT2D eigenvalue weighted by Gasteiger charge is 2.32. The normalized spacial score (nSPS) is 18.6. The van der Waals surface area contributed by atoms with Gasteiger partial charge in [0, 0.05) is 43.6 Å². The van der Waals surface area contributed by atoms with Crippen LogP contribution < -0.4 is 5.32 Å². The minimum absolute atomic E-state index is 0.0302. The molecule has 2 aromatic rings. The van der Waals surface area contributed by atoms with Gasteiger partial charge in [-0.25, -0.2) is 0 Å². The lowest BCUT2D eigenvalue weighted by molar-refractivity contribution is 0.0684. The SMILES string of the molecule is CC1CCCN1C(=O)c1cc(C(=O)NCc2c(Cl)cncc2Cl)c2n1CCOC2. The van der Waals surface area contributed by atoms with Gasteiger partial charge in [-0.05, 0) is 25.8 Å². The Hall–Kier alpha value is -2.09. The van der Waals surface area contributed by atoms with Crippen molar-refractivity contribution in [2.45, 2.75) is 45.5 Å². The number of amides is 2. The molecule has 0 aliphatic carbocycles. The topological polar surface area (TPSA) is 76.5 Å². The quantitative estimate of drug-likeness (QED) is 0.797. The molecule has 2 aromatic heterocycles. The fourth-order valence-electron chi connectivity index (χ4n) is 3.95. The molecular formula is C20H22Cl2N4O3. The number of fused-ring (bicyclic) bond motifs is 1. The predicted molar refractivity (Wildman–Crippen MR) is 109 cm³/mol. The third-order valence-electron chi connectivity index (χ3n) is 5.56. The molecule has 2 aliphatic rings. The van der Waals surface area contributed by atoms with Crippen molar-refractivity contribution in [3.63, 3.8) is 0 Å². The molecule has 4 heterocycles. The minimum Gasteiger partial charge on any atom is -0.373 e. The third kappa shape index (κ3) is 3.86. The van der Waals surface area contributed by atoms with Gasteiger partial charge in [-0.3, -0.25) is 14.6 Å². The van der Waals surface area contributed by atoms with Crippen LogP contribution >= 0.6 is 23.2 Å². The first-order chi connectivity index (χ1) is 14.0. The van der Waals surface area contributed by atoms with Crippen LogP contribution in [0, 0.1) is 0 Å². The van der Waals surface area contributed by atoms with Crippen LogP contribution in [0.3, 0.4) is 0 Å². The van der Waals surface area contributed by atoms with Gasteiger partial charge in [-0.2, -0.15) is 0 Å². The average molecular weight is 437 g/mol. The number of carbonyl (C=O) groups is 2. The second-order valence-corrected chi connectivity index (χ2v) is 8.16. The van der Waals surface area contributed by atoms with Crippen LogP contribution in [0.15, 0.2) is 18.5 Å². The zero-order valence-electron chi connectivity index (χ0n) is 16.1. The molecule has 1 unspecified atom stereocenters. The molecule has 29 heavy (non-hydrogen) atoms. The molecule has 0 spiro atoms. The van der Waals surface area contributed by atoms with E-state index in [1.165, 1.54) is 12.4 Å². The van der Waals surface area contributed by atoms with Gasteiger partial charge in [0.2, 0.25) is 0 Å². The minimum atomic E-state index is -0.295. The van der Waals surface area contributed by atoms with Gasteiger partial charge in [0.15, 0.2) is 0 Å². The molecule has 154 valence electrons. The van der Waals surface area contributed by atoms with Crippen molar-refractivity contribution in [3.05, 3.63) is 51.0 Å². The zero-order valence-corrected chi connectivity index (χ0v) is 17.6. The molecule has 0 saturated carbocycles. The number of aromatic nitrogens is 2. The maximum atomic E-state index is 13.1. The molecule has 0 bridgehead atoms. The van der Waals surface area contributed by atoms with Crippen LogP contribution in [0.2, 0.25) is 10.0 Å². The monoisotopic (exact) mass is 436 g/mol. The van der Waals surface area contributed by atoms with Crippen molar-refractivity contribution in [1.82, 2.24) is 19.8 Å². The number of carbonyl (C=O) groups excluding carboxylic acids is 2. The number of likely N-dealkylation sites (tertiary alicyclic amines) is 1. The molecule has 0 radical (unpaired) electrons. The molecule has 2 aliphatic heterocycles. The first kappa shape index (κ1) is 20.2. The van der Waals surface area contributed by atoms with Crippen molar-refractivity contribution < 1.29 is 14.3 Å². The summed E-state index contributed by atoms with van der Waals surface area (Å²) in [6.07, 6.45) is 4.97. The first-order valence-corrected chi connectivity index (χ1v) is 10.4. The summed E-state index contributed by atoms with van der Waals surface area (Å²) in [7, 11) is 0. The van der Waals surface area contributed by atoms with Crippen LogP contribution in [0.25, 0.3) is 0 Å². The van der Waals surface area contributed by atoms with Gasteiger partial charge in [-0.15, -0.1) is 0 Å². The van der Waals surface area contributed by atoms with Crippen molar-refractivity contribution >= 4 is 35.0 Å². The molecule has 0 aromatic carbocycles. The Labute approximate surface area is 178 Å². The summed E-state index contributed by atoms with van der Waals surface area (Å²) in [5.41, 5.74) is 2.31. The summed E-state index contributed by atoms with van der Waals surface area (Å²) < 4.78 is 7.47. The smallest absolute Gasteiger partial charge is 0.270 e. The van der Waals surface area contributed by atoms with Crippen molar-refractivity contribution in [2.24, 2.45) is 0 Å². The summed E-state index contributed by atoms with van der Waals surface area (Å²) in [5.74, 6) is -0.325. The number of halogens is 2. The molecule has 9 heteroatoms. The molecule has 7 nitrogen and oxygen atoms in total. The Morgan fingerprint density at radius 2 is 2.03 bits per heavy atom. The van der Waals surface area contributed by atoms with E-state index in [2.05, 4.69) is 17.2 Å². The van der Waals surface area contributed by atoms with Crippen LogP contribution in [0.4, 0.5) is 0 Å². The highest BCUT2D eigenvalue weighted by molar-refractivity contribution is 6.35. The Bertz CT molecular complexity index is 939. The number of pyridine rings is 1. The van der Waals surface area contributed by atoms with E-state index >= 15 is 0 Å². The number of nitrogens with one attached hydrogen (secondary N) is 1. The lowest BCUT2D eigenvalue weighted by Crippen LogP contribution is -2.35. The second kappa shape index (κ2) is 8.34. The van der Waals surface area contributed by atoms with Gasteiger partial charge >= 0.3 is 0 Å². The Morgan fingerprint density at radius 3 is 2.72 bits per heavy atom. The third-order valence-corrected chi connectivity index (χ3v) is 6.21. The number of hydrogen-bond donors (Lipinski definition) is 1. The predicted octanol–water partition coefficient (Wildman–Crippen LogP) is 3.27. The van der Waals surface area contributed by atoms with Crippen LogP contribution in [-0.2, 0) is 24.4 Å². The van der Waals surface area contributed by atoms with Crippen molar-refractivity contribution in [2.75, 3.05) is 13.2 Å². The van der Waals surface area contributed by atoms with E-state index in [4.69, 9.17) is 27.9 Å². The van der Waals surface area contributed by atoms with Crippen molar-refractivity contribution in [1.29, 1.82) is 0 Å². The molecule has 2 amide bonds. The van der Waals surface area contributed by atoms with Gasteiger partial charge in [-0.1, -0.05) is 23.2 Å². The molecule has 1 fully saturated rings. The lowest BCUT2D eigenvalue weighted by Gasteiger charge is -2.24. The Kier molecular flexibility index (Phi) is 5.81. The van der Waals surface area contributed by atoms with E-state index in [1.807, 2.05) is 9.47 Å². The average Bonchev–Trinajstić information content (AvgIpc) is 3.31. The Morgan fingerprint density at radius 1 is 1.28 bits per heavy atom. The van der Waals surface area contributed by atoms with Crippen LogP contribution in [0.5, 0.6) is 0 Å². The highest BCUT2D eigenvalue weighted by Crippen LogP contribution is 2.26. The maximum absolute atomic E-state index is 13.1. The first-order valence-electron chi connectivity index (χ1n) is 9.64. The maximum Gasteiger partial charge on any atom is 0.270 e. The van der Waals surface area contributed by atoms with Crippen LogP contribution in [0.1, 0.15) is 51.9 Å². The standard InChI is InChI=1S/C20H22Cl2N4O3/c1-12-3-2-4-25(12)20(28)17-7-13(18-11-29-6-5-26(17)18)19(27)24-8-14-15(21)9-23-10-16(14)22/h7,9-10,12H,2-6,8,11H2,1H3,(H,24,27). The lowest BCUT2D eigenvalue weighted by atomic mass is 10.2. The molecule has 1 N–H and O–H groups in total. The summed E-state index contributed by atoms with van der Waals surface area (Å²) in [6, 6.07) is 1.89. The molecule has 1 saturated heterocycles. The summed E-state index contributed by atoms with van der Waals surface area (Å²) >= 11 is 12.3. The van der Waals surface area contributed by atoms with E-state index in [-0.39, 0.29) is 24.4 Å². The van der Waals surface area contributed by atoms with E-state index in [0.29, 0.717) is 46.6 Å². The van der Waals surface area contributed by atoms with E-state index in [1.54, 1.807) is 6.07 Å². The zero-order chi connectivity index (χ0) is 20.5. The van der Waals surface area contributed by atoms with Gasteiger partial charge in [0.05, 0.1) is 34.5 Å². The largest absolute Gasteiger partial charge is 0.373 e. The fourth-order valence-corrected chi connectivity index (χ4v) is 4.45. The van der Waals surface area contributed by atoms with E-state index < -0.39 is 0 Å². The van der Waals surface area contributed by atoms with Crippen molar-refractivity contribution in [3.8, 4) is 0 Å². The number of ether oxygens (including phenoxy) is 1. The number of rotatable bonds is 4. The molecule has 4 rings (SSSR count). The second-order valence-electron chi connectivity index (χ2n) is 7.35. The van der Waals surface area contributed by atoms with Gasteiger partial charge in [0.1, 0.15) is 5.69 Å². The number of nitrogens with zero attached hydrogens (tertiary/aromatic N) is 3. The summed E-state index contributed by atoms with van der Waals surface area (Å²) in [4.78, 5) is 31.9. The molecular weight excluding hydrogens is 415 g/mol. The molecule has 1 atom stereocenters. The number of hydrogen-bond acceptors (Lipinski definition) is 4. The summed E-state index contributed by atoms with van der Waals surface area (Å²) in [5, 5.41) is 3.62. The Balaban J connectivity index is 1.59. The highest BCUT2D eigenvalue weighted by atomic mass is 35.5. The summed E-state index contributed by atoms with van der Waals surface area (Å²) in [6.45, 7) is 4.33. The van der Waals surface area contributed by atoms with Crippen LogP contribution in [-0.4, -0.2) is 45.5 Å². The van der Waals surface area contributed by atoms with E-state index in [9.17, 15) is 9.59 Å². The van der Waals surface area contributed by atoms with Gasteiger partial charge < -0.3 is 19.5 Å². The fraction of sp³-hybridized carbons (Fsp3) is 0.450.